The predicted octanol–water partition coefficient (Wildman–Crippen LogP) is 2.65. The normalized spacial score (nSPS) is 15.4. The van der Waals surface area contributed by atoms with Gasteiger partial charge in [0.2, 0.25) is 0 Å². The summed E-state index contributed by atoms with van der Waals surface area (Å²) in [5.41, 5.74) is 16.1. The molecule has 0 fully saturated rings. The van der Waals surface area contributed by atoms with E-state index in [1.54, 1.807) is 30.3 Å². The Hall–Kier alpha value is -3.90. The lowest BCUT2D eigenvalue weighted by Gasteiger charge is -2.29. The molecular formula is C24H29F3N8O. The standard InChI is InChI=1S/C24H29F3N8O/c1-32-22(24(25,26)27)18(11-28)15-7-6-14-8-9-35(12-16(14)10-15)13-20(29)33-23(30)17-4-3-5-19(36-2)21(17)34-31/h3-7,10-11,34H,8-9,12-13,28,31H2,1-2H3,(H3,29,30,33). The second kappa shape index (κ2) is 11.2. The van der Waals surface area contributed by atoms with E-state index < -0.39 is 11.9 Å². The Morgan fingerprint density at radius 1 is 1.25 bits per heavy atom. The van der Waals surface area contributed by atoms with Crippen LogP contribution in [-0.2, 0) is 13.0 Å². The van der Waals surface area contributed by atoms with Crippen LogP contribution in [0.2, 0.25) is 0 Å². The van der Waals surface area contributed by atoms with Crippen LogP contribution in [0.3, 0.4) is 0 Å². The number of aliphatic imine (C=N–C) groups is 2. The van der Waals surface area contributed by atoms with Crippen LogP contribution in [0.5, 0.6) is 5.75 Å². The summed E-state index contributed by atoms with van der Waals surface area (Å²) >= 11 is 0. The number of benzene rings is 2. The number of amidine groups is 2. The number of fused-ring (bicyclic) bond motifs is 1. The predicted molar refractivity (Wildman–Crippen MR) is 136 cm³/mol. The molecule has 1 heterocycles. The highest BCUT2D eigenvalue weighted by molar-refractivity contribution is 6.26. The van der Waals surface area contributed by atoms with E-state index in [0.29, 0.717) is 42.1 Å². The Labute approximate surface area is 207 Å². The highest BCUT2D eigenvalue weighted by atomic mass is 19.4. The summed E-state index contributed by atoms with van der Waals surface area (Å²) in [5.74, 6) is 6.18. The minimum atomic E-state index is -4.63. The molecule has 192 valence electrons. The number of nitrogens with one attached hydrogen (secondary N) is 2. The second-order valence-corrected chi connectivity index (χ2v) is 8.07. The van der Waals surface area contributed by atoms with Gasteiger partial charge in [0.1, 0.15) is 23.0 Å². The topological polar surface area (TPSA) is 151 Å². The van der Waals surface area contributed by atoms with Crippen molar-refractivity contribution in [2.45, 2.75) is 19.1 Å². The van der Waals surface area contributed by atoms with Gasteiger partial charge in [-0.15, -0.1) is 0 Å². The molecule has 1 aliphatic heterocycles. The fraction of sp³-hybridized carbons (Fsp3) is 0.292. The Bertz CT molecular complexity index is 1220. The van der Waals surface area contributed by atoms with Crippen molar-refractivity contribution in [3.8, 4) is 5.75 Å². The molecule has 8 N–H and O–H groups in total. The highest BCUT2D eigenvalue weighted by Gasteiger charge is 2.38. The molecule has 36 heavy (non-hydrogen) atoms. The molecule has 1 aliphatic rings. The van der Waals surface area contributed by atoms with Crippen LogP contribution in [-0.4, -0.2) is 55.7 Å². The maximum atomic E-state index is 13.4. The molecule has 9 nitrogen and oxygen atoms in total. The first-order chi connectivity index (χ1) is 17.1. The minimum Gasteiger partial charge on any atom is -0.495 e. The summed E-state index contributed by atoms with van der Waals surface area (Å²) < 4.78 is 45.5. The van der Waals surface area contributed by atoms with E-state index in [9.17, 15) is 13.2 Å². The van der Waals surface area contributed by atoms with Gasteiger partial charge in [0.05, 0.1) is 13.7 Å². The molecule has 0 aromatic heterocycles. The quantitative estimate of drug-likeness (QED) is 0.170. The molecule has 0 saturated carbocycles. The number of alkyl halides is 3. The third-order valence-electron chi connectivity index (χ3n) is 5.81. The zero-order chi connectivity index (χ0) is 26.5. The Balaban J connectivity index is 1.78. The summed E-state index contributed by atoms with van der Waals surface area (Å²) in [6.45, 7) is 1.39. The van der Waals surface area contributed by atoms with Gasteiger partial charge in [0, 0.05) is 37.5 Å². The largest absolute Gasteiger partial charge is 0.495 e. The summed E-state index contributed by atoms with van der Waals surface area (Å²) in [6, 6.07) is 10.2. The lowest BCUT2D eigenvalue weighted by molar-refractivity contribution is -0.0572. The first kappa shape index (κ1) is 26.7. The Morgan fingerprint density at radius 2 is 2.00 bits per heavy atom. The maximum absolute atomic E-state index is 13.4. The molecular weight excluding hydrogens is 473 g/mol. The Kier molecular flexibility index (Phi) is 8.33. The maximum Gasteiger partial charge on any atom is 0.433 e. The number of anilines is 1. The second-order valence-electron chi connectivity index (χ2n) is 8.07. The van der Waals surface area contributed by atoms with E-state index in [4.69, 9.17) is 27.5 Å². The number of para-hydroxylation sites is 1. The summed E-state index contributed by atoms with van der Waals surface area (Å²) in [4.78, 5) is 9.64. The lowest BCUT2D eigenvalue weighted by Crippen LogP contribution is -2.38. The van der Waals surface area contributed by atoms with Crippen molar-refractivity contribution in [2.24, 2.45) is 27.3 Å². The number of nitrogens with zero attached hydrogens (tertiary/aromatic N) is 3. The van der Waals surface area contributed by atoms with Gasteiger partial charge in [-0.25, -0.2) is 4.99 Å². The third kappa shape index (κ3) is 5.83. The van der Waals surface area contributed by atoms with Gasteiger partial charge in [0.15, 0.2) is 5.84 Å². The number of halogens is 3. The molecule has 12 heteroatoms. The molecule has 0 amide bonds. The van der Waals surface area contributed by atoms with Crippen molar-refractivity contribution in [1.29, 1.82) is 5.41 Å². The smallest absolute Gasteiger partial charge is 0.433 e. The number of nitrogen functional groups attached to an aromatic ring is 1. The van der Waals surface area contributed by atoms with E-state index >= 15 is 0 Å². The number of hydrogen-bond acceptors (Lipinski definition) is 7. The SMILES string of the molecule is CN=C(C(=CN)c1ccc2c(c1)CN(CC(N)=NC(=N)c1cccc(OC)c1NN)CC2)C(F)(F)F. The van der Waals surface area contributed by atoms with Crippen molar-refractivity contribution < 1.29 is 17.9 Å². The summed E-state index contributed by atoms with van der Waals surface area (Å²) in [5, 5.41) is 8.36. The number of methoxy groups -OCH3 is 1. The van der Waals surface area contributed by atoms with Crippen molar-refractivity contribution in [1.82, 2.24) is 4.90 Å². The molecule has 2 aromatic carbocycles. The van der Waals surface area contributed by atoms with Gasteiger partial charge in [-0.1, -0.05) is 18.2 Å². The van der Waals surface area contributed by atoms with Crippen LogP contribution < -0.4 is 27.5 Å². The fourth-order valence-corrected chi connectivity index (χ4v) is 4.15. The van der Waals surface area contributed by atoms with Crippen LogP contribution >= 0.6 is 0 Å². The molecule has 3 rings (SSSR count). The Morgan fingerprint density at radius 3 is 2.61 bits per heavy atom. The summed E-state index contributed by atoms with van der Waals surface area (Å²) in [6.07, 6.45) is -3.01. The van der Waals surface area contributed by atoms with Gasteiger partial charge >= 0.3 is 6.18 Å². The van der Waals surface area contributed by atoms with E-state index in [-0.39, 0.29) is 23.8 Å². The molecule has 0 bridgehead atoms. The molecule has 0 aliphatic carbocycles. The monoisotopic (exact) mass is 502 g/mol. The van der Waals surface area contributed by atoms with E-state index in [0.717, 1.165) is 24.4 Å². The molecule has 0 spiro atoms. The average Bonchev–Trinajstić information content (AvgIpc) is 2.85. The third-order valence-corrected chi connectivity index (χ3v) is 5.81. The lowest BCUT2D eigenvalue weighted by atomic mass is 9.93. The number of hydrazine groups is 1. The fourth-order valence-electron chi connectivity index (χ4n) is 4.15. The minimum absolute atomic E-state index is 0.0877. The zero-order valence-corrected chi connectivity index (χ0v) is 20.0. The number of hydrogen-bond donors (Lipinski definition) is 5. The van der Waals surface area contributed by atoms with Crippen LogP contribution in [0.25, 0.3) is 5.57 Å². The van der Waals surface area contributed by atoms with Gasteiger partial charge in [-0.05, 0) is 41.3 Å². The van der Waals surface area contributed by atoms with Crippen molar-refractivity contribution in [3.63, 3.8) is 0 Å². The molecule has 2 aromatic rings. The first-order valence-electron chi connectivity index (χ1n) is 11.0. The van der Waals surface area contributed by atoms with Crippen molar-refractivity contribution in [2.75, 3.05) is 32.7 Å². The van der Waals surface area contributed by atoms with Gasteiger partial charge in [-0.3, -0.25) is 21.1 Å². The summed E-state index contributed by atoms with van der Waals surface area (Å²) in [7, 11) is 2.58. The zero-order valence-electron chi connectivity index (χ0n) is 20.0. The van der Waals surface area contributed by atoms with Crippen LogP contribution in [0.1, 0.15) is 22.3 Å². The van der Waals surface area contributed by atoms with E-state index in [1.165, 1.54) is 7.11 Å². The van der Waals surface area contributed by atoms with Gasteiger partial charge in [-0.2, -0.15) is 13.2 Å². The van der Waals surface area contributed by atoms with Crippen LogP contribution in [0.4, 0.5) is 18.9 Å². The molecule has 0 atom stereocenters. The van der Waals surface area contributed by atoms with E-state index in [1.807, 2.05) is 11.0 Å². The molecule has 0 saturated heterocycles. The number of allylic oxidation sites excluding steroid dienone is 1. The number of ether oxygens (including phenoxy) is 1. The van der Waals surface area contributed by atoms with Gasteiger partial charge < -0.3 is 21.6 Å². The number of rotatable bonds is 7. The van der Waals surface area contributed by atoms with Gasteiger partial charge in [0.25, 0.3) is 0 Å². The molecule has 0 radical (unpaired) electrons. The van der Waals surface area contributed by atoms with E-state index in [2.05, 4.69) is 15.4 Å². The molecule has 0 unspecified atom stereocenters. The first-order valence-corrected chi connectivity index (χ1v) is 11.0. The van der Waals surface area contributed by atoms with Crippen molar-refractivity contribution >= 4 is 28.6 Å². The van der Waals surface area contributed by atoms with Crippen molar-refractivity contribution in [3.05, 3.63) is 64.9 Å². The van der Waals surface area contributed by atoms with Crippen LogP contribution in [0, 0.1) is 5.41 Å². The number of nitrogens with two attached hydrogens (primary N) is 3. The highest BCUT2D eigenvalue weighted by Crippen LogP contribution is 2.31. The van der Waals surface area contributed by atoms with Crippen LogP contribution in [0.15, 0.2) is 52.6 Å². The average molecular weight is 503 g/mol.